The number of pyridine rings is 2. The van der Waals surface area contributed by atoms with Crippen molar-refractivity contribution in [3.05, 3.63) is 60.3 Å². The van der Waals surface area contributed by atoms with Gasteiger partial charge >= 0.3 is 0 Å². The molecule has 0 aliphatic rings. The molecule has 0 aliphatic heterocycles. The lowest BCUT2D eigenvalue weighted by Gasteiger charge is -2.14. The monoisotopic (exact) mass is 362 g/mol. The lowest BCUT2D eigenvalue weighted by molar-refractivity contribution is 0.112. The normalized spacial score (nSPS) is 11.2. The Hall–Kier alpha value is -3.55. The molecule has 4 aromatic heterocycles. The first-order chi connectivity index (χ1) is 13.2. The molecule has 0 amide bonds. The lowest BCUT2D eigenvalue weighted by Crippen LogP contribution is -2.08. The minimum absolute atomic E-state index is 0.211. The van der Waals surface area contributed by atoms with Crippen LogP contribution in [0.2, 0.25) is 0 Å². The summed E-state index contributed by atoms with van der Waals surface area (Å²) in [4.78, 5) is 16.1. The molecule has 0 bridgehead atoms. The number of carbonyl (C=O) groups excluding carboxylic acids is 1. The summed E-state index contributed by atoms with van der Waals surface area (Å²) in [6.07, 6.45) is 7.54. The molecule has 0 aliphatic carbocycles. The van der Waals surface area contributed by atoms with E-state index in [0.717, 1.165) is 23.2 Å². The van der Waals surface area contributed by atoms with Crippen molar-refractivity contribution in [2.45, 2.75) is 26.5 Å². The molecule has 0 saturated carbocycles. The van der Waals surface area contributed by atoms with Crippen molar-refractivity contribution < 1.29 is 9.53 Å². The lowest BCUT2D eigenvalue weighted by atomic mass is 10.1. The maximum absolute atomic E-state index is 11.5. The fourth-order valence-corrected chi connectivity index (χ4v) is 2.98. The first-order valence-electron chi connectivity index (χ1n) is 8.57. The van der Waals surface area contributed by atoms with Crippen LogP contribution in [0.15, 0.2) is 49.2 Å². The molecular weight excluding hydrogens is 344 g/mol. The third kappa shape index (κ3) is 3.05. The summed E-state index contributed by atoms with van der Waals surface area (Å²) in [5.74, 6) is 0.456. The maximum Gasteiger partial charge on any atom is 0.174 e. The average molecular weight is 362 g/mol. The van der Waals surface area contributed by atoms with Crippen LogP contribution in [-0.4, -0.2) is 35.6 Å². The van der Waals surface area contributed by atoms with E-state index < -0.39 is 0 Å². The van der Waals surface area contributed by atoms with Gasteiger partial charge in [-0.25, -0.2) is 0 Å². The Labute approximate surface area is 155 Å². The van der Waals surface area contributed by atoms with Crippen LogP contribution >= 0.6 is 0 Å². The summed E-state index contributed by atoms with van der Waals surface area (Å²) in [5, 5.41) is 12.2. The van der Waals surface area contributed by atoms with Crippen LogP contribution in [0.4, 0.5) is 0 Å². The highest BCUT2D eigenvalue weighted by Gasteiger charge is 2.15. The van der Waals surface area contributed by atoms with Crippen molar-refractivity contribution >= 4 is 11.9 Å². The van der Waals surface area contributed by atoms with Crippen molar-refractivity contribution in [3.63, 3.8) is 0 Å². The van der Waals surface area contributed by atoms with E-state index in [9.17, 15) is 4.79 Å². The van der Waals surface area contributed by atoms with Gasteiger partial charge in [-0.3, -0.25) is 18.9 Å². The fourth-order valence-electron chi connectivity index (χ4n) is 2.98. The minimum Gasteiger partial charge on any atom is -0.488 e. The van der Waals surface area contributed by atoms with Crippen LogP contribution in [0.5, 0.6) is 5.75 Å². The third-order valence-electron chi connectivity index (χ3n) is 4.26. The molecule has 0 spiro atoms. The SMILES string of the molecule is CC(C)n1nccc1-c1ncccc1COc1ccn2cnnc2c1C=O. The zero-order chi connectivity index (χ0) is 18.8. The number of aromatic nitrogens is 6. The van der Waals surface area contributed by atoms with E-state index >= 15 is 0 Å². The van der Waals surface area contributed by atoms with Crippen LogP contribution in [0.1, 0.15) is 35.8 Å². The Morgan fingerprint density at radius 2 is 2.11 bits per heavy atom. The quantitative estimate of drug-likeness (QED) is 0.490. The molecule has 27 heavy (non-hydrogen) atoms. The number of hydrogen-bond donors (Lipinski definition) is 0. The number of nitrogens with zero attached hydrogens (tertiary/aromatic N) is 6. The van der Waals surface area contributed by atoms with Crippen molar-refractivity contribution in [2.24, 2.45) is 0 Å². The van der Waals surface area contributed by atoms with E-state index in [1.54, 1.807) is 35.4 Å². The fraction of sp³-hybridized carbons (Fsp3) is 0.211. The van der Waals surface area contributed by atoms with Crippen molar-refractivity contribution in [3.8, 4) is 17.1 Å². The highest BCUT2D eigenvalue weighted by Crippen LogP contribution is 2.26. The van der Waals surface area contributed by atoms with E-state index in [1.807, 2.05) is 22.9 Å². The molecule has 4 heterocycles. The average Bonchev–Trinajstić information content (AvgIpc) is 3.35. The van der Waals surface area contributed by atoms with Crippen molar-refractivity contribution in [1.82, 2.24) is 29.4 Å². The zero-order valence-electron chi connectivity index (χ0n) is 15.0. The number of ether oxygens (including phenoxy) is 1. The van der Waals surface area contributed by atoms with Crippen LogP contribution < -0.4 is 4.74 Å². The molecule has 0 aromatic carbocycles. The topological polar surface area (TPSA) is 87.2 Å². The van der Waals surface area contributed by atoms with Gasteiger partial charge in [0.2, 0.25) is 0 Å². The number of rotatable bonds is 6. The predicted molar refractivity (Wildman–Crippen MR) is 98.5 cm³/mol. The van der Waals surface area contributed by atoms with Gasteiger partial charge in [-0.15, -0.1) is 10.2 Å². The molecule has 8 nitrogen and oxygen atoms in total. The van der Waals surface area contributed by atoms with Gasteiger partial charge in [0, 0.05) is 30.2 Å². The second-order valence-electron chi connectivity index (χ2n) is 6.33. The second kappa shape index (κ2) is 6.99. The Kier molecular flexibility index (Phi) is 4.37. The summed E-state index contributed by atoms with van der Waals surface area (Å²) < 4.78 is 9.54. The molecular formula is C19H18N6O2. The standard InChI is InChI=1S/C19H18N6O2/c1-13(2)25-16(5-8-22-25)18-14(4-3-7-20-18)11-27-17-6-9-24-12-21-23-19(24)15(17)10-26/h3-10,12-13H,11H2,1-2H3. The van der Waals surface area contributed by atoms with Crippen LogP contribution in [-0.2, 0) is 6.61 Å². The van der Waals surface area contributed by atoms with Crippen molar-refractivity contribution in [1.29, 1.82) is 0 Å². The Bertz CT molecular complexity index is 1100. The van der Waals surface area contributed by atoms with Crippen LogP contribution in [0.25, 0.3) is 17.0 Å². The number of carbonyl (C=O) groups is 1. The summed E-state index contributed by atoms with van der Waals surface area (Å²) in [7, 11) is 0. The van der Waals surface area contributed by atoms with Gasteiger partial charge in [-0.2, -0.15) is 5.10 Å². The molecule has 4 aromatic rings. The van der Waals surface area contributed by atoms with E-state index in [0.29, 0.717) is 17.0 Å². The molecule has 0 radical (unpaired) electrons. The Morgan fingerprint density at radius 3 is 2.93 bits per heavy atom. The summed E-state index contributed by atoms with van der Waals surface area (Å²) in [6, 6.07) is 7.69. The first-order valence-corrected chi connectivity index (χ1v) is 8.57. The minimum atomic E-state index is 0.211. The van der Waals surface area contributed by atoms with E-state index in [1.165, 1.54) is 0 Å². The molecule has 0 saturated heterocycles. The Balaban J connectivity index is 1.67. The molecule has 0 unspecified atom stereocenters. The van der Waals surface area contributed by atoms with Gasteiger partial charge in [-0.05, 0) is 32.0 Å². The van der Waals surface area contributed by atoms with Gasteiger partial charge < -0.3 is 4.74 Å². The molecule has 0 N–H and O–H groups in total. The summed E-state index contributed by atoms with van der Waals surface area (Å²) in [5.41, 5.74) is 3.46. The van der Waals surface area contributed by atoms with Gasteiger partial charge in [-0.1, -0.05) is 6.07 Å². The smallest absolute Gasteiger partial charge is 0.174 e. The van der Waals surface area contributed by atoms with Gasteiger partial charge in [0.15, 0.2) is 11.9 Å². The highest BCUT2D eigenvalue weighted by atomic mass is 16.5. The number of fused-ring (bicyclic) bond motifs is 1. The summed E-state index contributed by atoms with van der Waals surface area (Å²) in [6.45, 7) is 4.40. The molecule has 4 rings (SSSR count). The predicted octanol–water partition coefficient (Wildman–Crippen LogP) is 2.96. The second-order valence-corrected chi connectivity index (χ2v) is 6.33. The summed E-state index contributed by atoms with van der Waals surface area (Å²) >= 11 is 0. The van der Waals surface area contributed by atoms with E-state index in [4.69, 9.17) is 4.74 Å². The number of aldehydes is 1. The third-order valence-corrected chi connectivity index (χ3v) is 4.26. The molecule has 136 valence electrons. The largest absolute Gasteiger partial charge is 0.488 e. The Morgan fingerprint density at radius 1 is 1.22 bits per heavy atom. The van der Waals surface area contributed by atoms with Gasteiger partial charge in [0.25, 0.3) is 0 Å². The van der Waals surface area contributed by atoms with E-state index in [2.05, 4.69) is 34.1 Å². The highest BCUT2D eigenvalue weighted by molar-refractivity contribution is 5.87. The van der Waals surface area contributed by atoms with Crippen LogP contribution in [0.3, 0.4) is 0 Å². The molecule has 8 heteroatoms. The van der Waals surface area contributed by atoms with Gasteiger partial charge in [0.1, 0.15) is 24.2 Å². The first kappa shape index (κ1) is 16.9. The van der Waals surface area contributed by atoms with E-state index in [-0.39, 0.29) is 12.6 Å². The molecule has 0 fully saturated rings. The number of hydrogen-bond acceptors (Lipinski definition) is 6. The maximum atomic E-state index is 11.5. The molecule has 0 atom stereocenters. The van der Waals surface area contributed by atoms with Gasteiger partial charge in [0.05, 0.1) is 11.4 Å². The van der Waals surface area contributed by atoms with Crippen molar-refractivity contribution in [2.75, 3.05) is 0 Å². The zero-order valence-corrected chi connectivity index (χ0v) is 15.0. The van der Waals surface area contributed by atoms with Crippen LogP contribution in [0, 0.1) is 0 Å².